The quantitative estimate of drug-likeness (QED) is 0.850. The van der Waals surface area contributed by atoms with Crippen molar-refractivity contribution in [1.82, 2.24) is 5.32 Å². The maximum Gasteiger partial charge on any atom is 0.264 e. The van der Waals surface area contributed by atoms with E-state index >= 15 is 0 Å². The van der Waals surface area contributed by atoms with Gasteiger partial charge in [0.05, 0.1) is 10.6 Å². The van der Waals surface area contributed by atoms with Gasteiger partial charge in [-0.3, -0.25) is 9.10 Å². The predicted octanol–water partition coefficient (Wildman–Crippen LogP) is 3.80. The van der Waals surface area contributed by atoms with Crippen LogP contribution in [0.25, 0.3) is 0 Å². The number of amides is 1. The van der Waals surface area contributed by atoms with Crippen molar-refractivity contribution in [3.63, 3.8) is 0 Å². The van der Waals surface area contributed by atoms with E-state index in [0.717, 1.165) is 36.8 Å². The number of aryl methyl sites for hydroxylation is 2. The van der Waals surface area contributed by atoms with Crippen molar-refractivity contribution in [2.45, 2.75) is 50.5 Å². The first-order chi connectivity index (χ1) is 12.8. The number of nitrogens with zero attached hydrogens (tertiary/aromatic N) is 1. The highest BCUT2D eigenvalue weighted by Gasteiger charge is 2.23. The van der Waals surface area contributed by atoms with Gasteiger partial charge in [-0.1, -0.05) is 30.5 Å². The van der Waals surface area contributed by atoms with Crippen LogP contribution in [-0.2, 0) is 10.0 Å². The summed E-state index contributed by atoms with van der Waals surface area (Å²) in [7, 11) is -2.11. The summed E-state index contributed by atoms with van der Waals surface area (Å²) < 4.78 is 27.1. The first-order valence-corrected chi connectivity index (χ1v) is 10.7. The molecule has 2 aromatic rings. The van der Waals surface area contributed by atoms with Gasteiger partial charge < -0.3 is 5.32 Å². The van der Waals surface area contributed by atoms with E-state index in [2.05, 4.69) is 5.32 Å². The molecule has 0 spiro atoms. The van der Waals surface area contributed by atoms with Crippen LogP contribution >= 0.6 is 0 Å². The first-order valence-electron chi connectivity index (χ1n) is 9.26. The lowest BCUT2D eigenvalue weighted by atomic mass is 10.1. The molecule has 1 amide bonds. The summed E-state index contributed by atoms with van der Waals surface area (Å²) in [4.78, 5) is 12.7. The normalized spacial score (nSPS) is 14.9. The Morgan fingerprint density at radius 3 is 2.26 bits per heavy atom. The van der Waals surface area contributed by atoms with Crippen molar-refractivity contribution < 1.29 is 13.2 Å². The van der Waals surface area contributed by atoms with E-state index in [1.54, 1.807) is 42.5 Å². The third-order valence-corrected chi connectivity index (χ3v) is 6.95. The van der Waals surface area contributed by atoms with E-state index in [1.807, 2.05) is 13.8 Å². The molecular formula is C21H26N2O3S. The highest BCUT2D eigenvalue weighted by molar-refractivity contribution is 7.92. The van der Waals surface area contributed by atoms with Crippen molar-refractivity contribution >= 4 is 21.6 Å². The molecule has 1 saturated carbocycles. The van der Waals surface area contributed by atoms with Crippen molar-refractivity contribution in [2.24, 2.45) is 0 Å². The number of rotatable bonds is 5. The minimum absolute atomic E-state index is 0.0967. The van der Waals surface area contributed by atoms with E-state index < -0.39 is 10.0 Å². The van der Waals surface area contributed by atoms with Gasteiger partial charge in [0.25, 0.3) is 15.9 Å². The van der Waals surface area contributed by atoms with E-state index in [-0.39, 0.29) is 16.8 Å². The standard InChI is InChI=1S/C21H26N2O3S/c1-15-8-11-19(12-9-15)27(25,26)23(3)20-13-10-17(14-16(20)2)21(24)22-18-6-4-5-7-18/h8-14,18H,4-7H2,1-3H3,(H,22,24). The average molecular weight is 387 g/mol. The van der Waals surface area contributed by atoms with Crippen LogP contribution in [0.15, 0.2) is 47.4 Å². The molecule has 0 atom stereocenters. The van der Waals surface area contributed by atoms with Crippen molar-refractivity contribution in [2.75, 3.05) is 11.4 Å². The summed E-state index contributed by atoms with van der Waals surface area (Å²) in [5.41, 5.74) is 2.87. The Balaban J connectivity index is 1.82. The fourth-order valence-electron chi connectivity index (χ4n) is 3.49. The second-order valence-corrected chi connectivity index (χ2v) is 9.21. The van der Waals surface area contributed by atoms with Crippen LogP contribution in [0.3, 0.4) is 0 Å². The lowest BCUT2D eigenvalue weighted by Gasteiger charge is -2.22. The number of benzene rings is 2. The fourth-order valence-corrected chi connectivity index (χ4v) is 4.75. The number of carbonyl (C=O) groups is 1. The smallest absolute Gasteiger partial charge is 0.264 e. The Hall–Kier alpha value is -2.34. The van der Waals surface area contributed by atoms with Gasteiger partial charge in [-0.2, -0.15) is 0 Å². The zero-order chi connectivity index (χ0) is 19.6. The molecule has 2 aromatic carbocycles. The molecule has 144 valence electrons. The molecule has 6 heteroatoms. The van der Waals surface area contributed by atoms with Crippen LogP contribution in [-0.4, -0.2) is 27.4 Å². The van der Waals surface area contributed by atoms with Gasteiger partial charge in [-0.25, -0.2) is 8.42 Å². The second-order valence-electron chi connectivity index (χ2n) is 7.24. The molecule has 0 bridgehead atoms. The molecule has 1 fully saturated rings. The van der Waals surface area contributed by atoms with Gasteiger partial charge in [-0.15, -0.1) is 0 Å². The van der Waals surface area contributed by atoms with Gasteiger partial charge in [0.15, 0.2) is 0 Å². The zero-order valence-corrected chi connectivity index (χ0v) is 16.8. The molecule has 5 nitrogen and oxygen atoms in total. The fraction of sp³-hybridized carbons (Fsp3) is 0.381. The minimum Gasteiger partial charge on any atom is -0.349 e. The Kier molecular flexibility index (Phi) is 5.56. The molecule has 1 N–H and O–H groups in total. The number of anilines is 1. The summed E-state index contributed by atoms with van der Waals surface area (Å²) in [6, 6.07) is 12.2. The number of nitrogens with one attached hydrogen (secondary N) is 1. The van der Waals surface area contributed by atoms with Crippen LogP contribution in [0.5, 0.6) is 0 Å². The summed E-state index contributed by atoms with van der Waals surface area (Å²) in [5, 5.41) is 3.06. The monoisotopic (exact) mass is 386 g/mol. The Morgan fingerprint density at radius 1 is 1.04 bits per heavy atom. The Bertz CT molecular complexity index is 930. The van der Waals surface area contributed by atoms with E-state index in [1.165, 1.54) is 11.4 Å². The summed E-state index contributed by atoms with van der Waals surface area (Å²) in [6.07, 6.45) is 4.37. The number of sulfonamides is 1. The highest BCUT2D eigenvalue weighted by Crippen LogP contribution is 2.26. The molecular weight excluding hydrogens is 360 g/mol. The first kappa shape index (κ1) is 19.4. The molecule has 1 aliphatic rings. The van der Waals surface area contributed by atoms with E-state index in [9.17, 15) is 13.2 Å². The summed E-state index contributed by atoms with van der Waals surface area (Å²) in [6.45, 7) is 3.74. The zero-order valence-electron chi connectivity index (χ0n) is 16.0. The Morgan fingerprint density at radius 2 is 1.67 bits per heavy atom. The van der Waals surface area contributed by atoms with Crippen LogP contribution < -0.4 is 9.62 Å². The topological polar surface area (TPSA) is 66.5 Å². The molecule has 27 heavy (non-hydrogen) atoms. The average Bonchev–Trinajstić information content (AvgIpc) is 3.14. The van der Waals surface area contributed by atoms with Crippen LogP contribution in [0.1, 0.15) is 47.2 Å². The molecule has 0 saturated heterocycles. The second kappa shape index (κ2) is 7.72. The van der Waals surface area contributed by atoms with Crippen LogP contribution in [0, 0.1) is 13.8 Å². The number of hydrogen-bond donors (Lipinski definition) is 1. The maximum absolute atomic E-state index is 12.9. The molecule has 3 rings (SSSR count). The van der Waals surface area contributed by atoms with E-state index in [4.69, 9.17) is 0 Å². The summed E-state index contributed by atoms with van der Waals surface area (Å²) in [5.74, 6) is -0.0967. The van der Waals surface area contributed by atoms with Crippen LogP contribution in [0.2, 0.25) is 0 Å². The summed E-state index contributed by atoms with van der Waals surface area (Å²) >= 11 is 0. The van der Waals surface area contributed by atoms with Gasteiger partial charge in [0.1, 0.15) is 0 Å². The molecule has 0 heterocycles. The van der Waals surface area contributed by atoms with Gasteiger partial charge in [-0.05, 0) is 62.6 Å². The van der Waals surface area contributed by atoms with Gasteiger partial charge in [0.2, 0.25) is 0 Å². The molecule has 0 aromatic heterocycles. The highest BCUT2D eigenvalue weighted by atomic mass is 32.2. The largest absolute Gasteiger partial charge is 0.349 e. The molecule has 0 aliphatic heterocycles. The third-order valence-electron chi connectivity index (χ3n) is 5.17. The minimum atomic E-state index is -3.65. The molecule has 1 aliphatic carbocycles. The number of hydrogen-bond acceptors (Lipinski definition) is 3. The van der Waals surface area contributed by atoms with Crippen molar-refractivity contribution in [3.8, 4) is 0 Å². The lowest BCUT2D eigenvalue weighted by molar-refractivity contribution is 0.0938. The third kappa shape index (κ3) is 4.16. The van der Waals surface area contributed by atoms with Crippen molar-refractivity contribution in [3.05, 3.63) is 59.2 Å². The van der Waals surface area contributed by atoms with Crippen molar-refractivity contribution in [1.29, 1.82) is 0 Å². The SMILES string of the molecule is Cc1ccc(S(=O)(=O)N(C)c2ccc(C(=O)NC3CCCC3)cc2C)cc1. The molecule has 0 unspecified atom stereocenters. The Labute approximate surface area is 161 Å². The maximum atomic E-state index is 12.9. The number of carbonyl (C=O) groups excluding carboxylic acids is 1. The predicted molar refractivity (Wildman–Crippen MR) is 108 cm³/mol. The van der Waals surface area contributed by atoms with Gasteiger partial charge >= 0.3 is 0 Å². The van der Waals surface area contributed by atoms with E-state index in [0.29, 0.717) is 11.3 Å². The lowest BCUT2D eigenvalue weighted by Crippen LogP contribution is -2.32. The van der Waals surface area contributed by atoms with Gasteiger partial charge in [0, 0.05) is 18.7 Å². The van der Waals surface area contributed by atoms with Crippen LogP contribution in [0.4, 0.5) is 5.69 Å². The molecule has 0 radical (unpaired) electrons.